The molecule has 82 valence electrons. The Hall–Kier alpha value is -0.710. The molecule has 0 bridgehead atoms. The summed E-state index contributed by atoms with van der Waals surface area (Å²) in [7, 11) is 0. The maximum atomic E-state index is 10.3. The van der Waals surface area contributed by atoms with Crippen LogP contribution in [-0.4, -0.2) is 28.0 Å². The van der Waals surface area contributed by atoms with Crippen molar-refractivity contribution in [3.63, 3.8) is 0 Å². The fourth-order valence-electron chi connectivity index (χ4n) is 0.984. The van der Waals surface area contributed by atoms with E-state index in [0.717, 1.165) is 4.90 Å². The van der Waals surface area contributed by atoms with Gasteiger partial charge < -0.3 is 10.2 Å². The lowest BCUT2D eigenvalue weighted by atomic mass is 10.3. The van der Waals surface area contributed by atoms with Crippen LogP contribution < -0.4 is 0 Å². The van der Waals surface area contributed by atoms with Gasteiger partial charge in [0.25, 0.3) is 0 Å². The number of aliphatic carboxylic acids is 1. The first-order valence-corrected chi connectivity index (χ1v) is 5.72. The summed E-state index contributed by atoms with van der Waals surface area (Å²) in [6, 6.07) is 7.18. The second kappa shape index (κ2) is 6.00. The number of hydrogen-bond acceptors (Lipinski definition) is 3. The summed E-state index contributed by atoms with van der Waals surface area (Å²) in [5.41, 5.74) is 0. The molecule has 0 heterocycles. The van der Waals surface area contributed by atoms with E-state index in [1.54, 1.807) is 12.1 Å². The van der Waals surface area contributed by atoms with Gasteiger partial charge in [-0.25, -0.2) is 0 Å². The third-order valence-electron chi connectivity index (χ3n) is 1.67. The molecule has 1 aromatic rings. The first-order valence-electron chi connectivity index (χ1n) is 4.36. The summed E-state index contributed by atoms with van der Waals surface area (Å²) in [4.78, 5) is 11.2. The van der Waals surface area contributed by atoms with Crippen LogP contribution in [0.15, 0.2) is 29.2 Å². The van der Waals surface area contributed by atoms with Crippen molar-refractivity contribution in [2.24, 2.45) is 0 Å². The Kier molecular flexibility index (Phi) is 4.94. The standard InChI is InChI=1S/C10H11ClO3S/c11-7-1-3-9(4-2-7)15-6-8(12)5-10(13)14/h1-4,8,12H,5-6H2,(H,13,14). The molecule has 0 fully saturated rings. The minimum absolute atomic E-state index is 0.222. The number of hydrogen-bond donors (Lipinski definition) is 2. The largest absolute Gasteiger partial charge is 0.481 e. The van der Waals surface area contributed by atoms with E-state index in [9.17, 15) is 9.90 Å². The van der Waals surface area contributed by atoms with Gasteiger partial charge in [0.05, 0.1) is 12.5 Å². The number of carbonyl (C=O) groups is 1. The lowest BCUT2D eigenvalue weighted by Gasteiger charge is -2.07. The Morgan fingerprint density at radius 2 is 2.00 bits per heavy atom. The van der Waals surface area contributed by atoms with Gasteiger partial charge in [0.1, 0.15) is 0 Å². The Bertz CT molecular complexity index is 326. The topological polar surface area (TPSA) is 57.5 Å². The number of benzene rings is 1. The van der Waals surface area contributed by atoms with E-state index in [-0.39, 0.29) is 6.42 Å². The number of carboxylic acid groups (broad SMARTS) is 1. The molecular formula is C10H11ClO3S. The molecule has 5 heteroatoms. The zero-order valence-electron chi connectivity index (χ0n) is 7.89. The number of carboxylic acids is 1. The second-order valence-electron chi connectivity index (χ2n) is 3.02. The first kappa shape index (κ1) is 12.4. The molecule has 15 heavy (non-hydrogen) atoms. The van der Waals surface area contributed by atoms with Crippen LogP contribution in [0, 0.1) is 0 Å². The van der Waals surface area contributed by atoms with Gasteiger partial charge in [0, 0.05) is 15.7 Å². The molecule has 0 spiro atoms. The van der Waals surface area contributed by atoms with E-state index in [1.165, 1.54) is 11.8 Å². The van der Waals surface area contributed by atoms with Gasteiger partial charge in [-0.05, 0) is 24.3 Å². The third kappa shape index (κ3) is 5.06. The fourth-order valence-corrected chi connectivity index (χ4v) is 1.94. The highest BCUT2D eigenvalue weighted by atomic mass is 35.5. The summed E-state index contributed by atoms with van der Waals surface area (Å²) >= 11 is 7.11. The zero-order valence-corrected chi connectivity index (χ0v) is 9.46. The molecule has 3 nitrogen and oxygen atoms in total. The van der Waals surface area contributed by atoms with E-state index in [1.807, 2.05) is 12.1 Å². The lowest BCUT2D eigenvalue weighted by molar-refractivity contribution is -0.138. The van der Waals surface area contributed by atoms with E-state index in [0.29, 0.717) is 10.8 Å². The zero-order chi connectivity index (χ0) is 11.3. The Morgan fingerprint density at radius 3 is 2.53 bits per heavy atom. The van der Waals surface area contributed by atoms with Crippen molar-refractivity contribution in [1.82, 2.24) is 0 Å². The maximum Gasteiger partial charge on any atom is 0.306 e. The van der Waals surface area contributed by atoms with Crippen LogP contribution in [0.2, 0.25) is 5.02 Å². The average Bonchev–Trinajstić information content (AvgIpc) is 2.16. The smallest absolute Gasteiger partial charge is 0.306 e. The SMILES string of the molecule is O=C(O)CC(O)CSc1ccc(Cl)cc1. The highest BCUT2D eigenvalue weighted by Crippen LogP contribution is 2.21. The van der Waals surface area contributed by atoms with Crippen LogP contribution in [0.25, 0.3) is 0 Å². The number of aliphatic hydroxyl groups is 1. The van der Waals surface area contributed by atoms with Crippen LogP contribution in [0.5, 0.6) is 0 Å². The Morgan fingerprint density at radius 1 is 1.40 bits per heavy atom. The predicted molar refractivity (Wildman–Crippen MR) is 60.4 cm³/mol. The molecule has 1 aromatic carbocycles. The lowest BCUT2D eigenvalue weighted by Crippen LogP contribution is -2.15. The maximum absolute atomic E-state index is 10.3. The van der Waals surface area contributed by atoms with Crippen molar-refractivity contribution in [2.45, 2.75) is 17.4 Å². The Labute approximate surface area is 97.1 Å². The summed E-state index contributed by atoms with van der Waals surface area (Å²) < 4.78 is 0. The normalized spacial score (nSPS) is 12.4. The van der Waals surface area contributed by atoms with E-state index in [2.05, 4.69) is 0 Å². The number of rotatable bonds is 5. The number of thioether (sulfide) groups is 1. The Balaban J connectivity index is 2.36. The van der Waals surface area contributed by atoms with Crippen molar-refractivity contribution in [1.29, 1.82) is 0 Å². The molecule has 0 aromatic heterocycles. The van der Waals surface area contributed by atoms with Crippen LogP contribution in [-0.2, 0) is 4.79 Å². The van der Waals surface area contributed by atoms with Gasteiger partial charge in [0.2, 0.25) is 0 Å². The van der Waals surface area contributed by atoms with Crippen molar-refractivity contribution < 1.29 is 15.0 Å². The molecule has 0 aliphatic rings. The summed E-state index contributed by atoms with van der Waals surface area (Å²) in [6.07, 6.45) is -1.04. The predicted octanol–water partition coefficient (Wildman–Crippen LogP) is 2.27. The first-order chi connectivity index (χ1) is 7.08. The average molecular weight is 247 g/mol. The van der Waals surface area contributed by atoms with Gasteiger partial charge >= 0.3 is 5.97 Å². The van der Waals surface area contributed by atoms with Gasteiger partial charge in [-0.15, -0.1) is 11.8 Å². The quantitative estimate of drug-likeness (QED) is 0.783. The summed E-state index contributed by atoms with van der Waals surface area (Å²) in [5, 5.41) is 18.4. The molecule has 0 amide bonds. The van der Waals surface area contributed by atoms with Gasteiger partial charge in [-0.2, -0.15) is 0 Å². The van der Waals surface area contributed by atoms with Crippen LogP contribution in [0.1, 0.15) is 6.42 Å². The number of halogens is 1. The molecular weight excluding hydrogens is 236 g/mol. The molecule has 0 aliphatic heterocycles. The highest BCUT2D eigenvalue weighted by Gasteiger charge is 2.09. The summed E-state index contributed by atoms with van der Waals surface area (Å²) in [5.74, 6) is -0.618. The second-order valence-corrected chi connectivity index (χ2v) is 4.55. The molecule has 1 atom stereocenters. The molecule has 1 unspecified atom stereocenters. The van der Waals surface area contributed by atoms with E-state index in [4.69, 9.17) is 16.7 Å². The van der Waals surface area contributed by atoms with Gasteiger partial charge in [-0.3, -0.25) is 4.79 Å². The molecule has 2 N–H and O–H groups in total. The fraction of sp³-hybridized carbons (Fsp3) is 0.300. The van der Waals surface area contributed by atoms with Crippen LogP contribution in [0.3, 0.4) is 0 Å². The van der Waals surface area contributed by atoms with Crippen molar-refractivity contribution >= 4 is 29.3 Å². The van der Waals surface area contributed by atoms with Crippen molar-refractivity contribution in [2.75, 3.05) is 5.75 Å². The molecule has 0 saturated carbocycles. The number of aliphatic hydroxyl groups excluding tert-OH is 1. The van der Waals surface area contributed by atoms with Crippen molar-refractivity contribution in [3.05, 3.63) is 29.3 Å². The minimum Gasteiger partial charge on any atom is -0.481 e. The van der Waals surface area contributed by atoms with E-state index < -0.39 is 12.1 Å². The highest BCUT2D eigenvalue weighted by molar-refractivity contribution is 7.99. The van der Waals surface area contributed by atoms with Crippen LogP contribution >= 0.6 is 23.4 Å². The molecule has 1 rings (SSSR count). The van der Waals surface area contributed by atoms with Gasteiger partial charge in [-0.1, -0.05) is 11.6 Å². The van der Waals surface area contributed by atoms with Crippen LogP contribution in [0.4, 0.5) is 0 Å². The molecule has 0 radical (unpaired) electrons. The molecule has 0 saturated heterocycles. The van der Waals surface area contributed by atoms with Gasteiger partial charge in [0.15, 0.2) is 0 Å². The van der Waals surface area contributed by atoms with E-state index >= 15 is 0 Å². The minimum atomic E-state index is -0.987. The third-order valence-corrected chi connectivity index (χ3v) is 3.08. The summed E-state index contributed by atoms with van der Waals surface area (Å²) in [6.45, 7) is 0. The van der Waals surface area contributed by atoms with Crippen molar-refractivity contribution in [3.8, 4) is 0 Å². The monoisotopic (exact) mass is 246 g/mol. The molecule has 0 aliphatic carbocycles.